The van der Waals surface area contributed by atoms with E-state index in [0.717, 1.165) is 37.4 Å². The Hall–Kier alpha value is -1.10. The normalized spacial score (nSPS) is 19.0. The first-order chi connectivity index (χ1) is 10.2. The predicted octanol–water partition coefficient (Wildman–Crippen LogP) is 2.58. The van der Waals surface area contributed by atoms with Crippen LogP contribution in [0.5, 0.6) is 5.75 Å². The molecule has 118 valence electrons. The number of benzene rings is 1. The molecular weight excluding hydrogens is 266 g/mol. The van der Waals surface area contributed by atoms with Gasteiger partial charge in [0.2, 0.25) is 0 Å². The van der Waals surface area contributed by atoms with Gasteiger partial charge in [0, 0.05) is 25.3 Å². The number of aliphatic hydroxyl groups is 1. The molecule has 1 aromatic carbocycles. The lowest BCUT2D eigenvalue weighted by molar-refractivity contribution is -0.00260. The van der Waals surface area contributed by atoms with Crippen LogP contribution < -0.4 is 4.74 Å². The lowest BCUT2D eigenvalue weighted by atomic mass is 10.1. The highest BCUT2D eigenvalue weighted by Gasteiger charge is 2.16. The second-order valence-corrected chi connectivity index (χ2v) is 5.72. The second kappa shape index (κ2) is 8.37. The Kier molecular flexibility index (Phi) is 6.49. The number of rotatable bonds is 7. The Labute approximate surface area is 127 Å². The van der Waals surface area contributed by atoms with Crippen LogP contribution >= 0.6 is 0 Å². The largest absolute Gasteiger partial charge is 0.494 e. The third-order valence-electron chi connectivity index (χ3n) is 3.84. The van der Waals surface area contributed by atoms with Crippen molar-refractivity contribution in [3.05, 3.63) is 29.3 Å². The third-order valence-corrected chi connectivity index (χ3v) is 3.84. The van der Waals surface area contributed by atoms with E-state index in [-0.39, 0.29) is 6.61 Å². The second-order valence-electron chi connectivity index (χ2n) is 5.72. The standard InChI is InChI=1S/C17H27NO3/c1-3-20-17-8-7-14(10-15(17)13-19)11-18(2)12-16-6-4-5-9-21-16/h7-8,10,16,19H,3-6,9,11-13H2,1-2H3/t16-/m1/s1. The summed E-state index contributed by atoms with van der Waals surface area (Å²) in [6.45, 7) is 5.30. The van der Waals surface area contributed by atoms with Crippen LogP contribution in [0.4, 0.5) is 0 Å². The maximum absolute atomic E-state index is 9.45. The van der Waals surface area contributed by atoms with Gasteiger partial charge in [0.05, 0.1) is 19.3 Å². The molecule has 1 aromatic rings. The van der Waals surface area contributed by atoms with Gasteiger partial charge in [-0.15, -0.1) is 0 Å². The molecule has 4 nitrogen and oxygen atoms in total. The van der Waals surface area contributed by atoms with Crippen LogP contribution in [-0.2, 0) is 17.9 Å². The molecule has 21 heavy (non-hydrogen) atoms. The zero-order chi connectivity index (χ0) is 15.1. The van der Waals surface area contributed by atoms with Crippen molar-refractivity contribution < 1.29 is 14.6 Å². The summed E-state index contributed by atoms with van der Waals surface area (Å²) in [4.78, 5) is 2.28. The van der Waals surface area contributed by atoms with Gasteiger partial charge in [0.15, 0.2) is 0 Å². The molecule has 1 atom stereocenters. The molecule has 0 bridgehead atoms. The molecule has 0 aliphatic carbocycles. The molecule has 4 heteroatoms. The van der Waals surface area contributed by atoms with E-state index in [1.807, 2.05) is 19.1 Å². The topological polar surface area (TPSA) is 41.9 Å². The molecule has 1 saturated heterocycles. The van der Waals surface area contributed by atoms with E-state index < -0.39 is 0 Å². The molecule has 0 radical (unpaired) electrons. The molecule has 1 heterocycles. The minimum Gasteiger partial charge on any atom is -0.494 e. The molecule has 0 amide bonds. The van der Waals surface area contributed by atoms with Crippen LogP contribution in [0.1, 0.15) is 37.3 Å². The number of nitrogens with zero attached hydrogens (tertiary/aromatic N) is 1. The van der Waals surface area contributed by atoms with Crippen molar-refractivity contribution in [1.29, 1.82) is 0 Å². The van der Waals surface area contributed by atoms with E-state index in [1.54, 1.807) is 0 Å². The number of ether oxygens (including phenoxy) is 2. The summed E-state index contributed by atoms with van der Waals surface area (Å²) in [6, 6.07) is 6.06. The van der Waals surface area contributed by atoms with E-state index in [9.17, 15) is 5.11 Å². The molecule has 2 rings (SSSR count). The lowest BCUT2D eigenvalue weighted by Gasteiger charge is -2.27. The summed E-state index contributed by atoms with van der Waals surface area (Å²) < 4.78 is 11.3. The van der Waals surface area contributed by atoms with Crippen LogP contribution in [-0.4, -0.2) is 42.9 Å². The highest BCUT2D eigenvalue weighted by molar-refractivity contribution is 5.36. The Bertz CT molecular complexity index is 430. The van der Waals surface area contributed by atoms with Crippen molar-refractivity contribution in [3.8, 4) is 5.75 Å². The Morgan fingerprint density at radius 2 is 2.24 bits per heavy atom. The van der Waals surface area contributed by atoms with Gasteiger partial charge in [-0.1, -0.05) is 6.07 Å². The minimum absolute atomic E-state index is 0.0125. The van der Waals surface area contributed by atoms with Crippen molar-refractivity contribution in [2.24, 2.45) is 0 Å². The summed E-state index contributed by atoms with van der Waals surface area (Å²) in [5.74, 6) is 0.780. The van der Waals surface area contributed by atoms with E-state index in [1.165, 1.54) is 18.4 Å². The van der Waals surface area contributed by atoms with Crippen molar-refractivity contribution in [1.82, 2.24) is 4.90 Å². The summed E-state index contributed by atoms with van der Waals surface area (Å²) in [6.07, 6.45) is 3.99. The number of hydrogen-bond acceptors (Lipinski definition) is 4. The molecule has 1 aliphatic rings. The Morgan fingerprint density at radius 1 is 1.38 bits per heavy atom. The molecule has 0 aromatic heterocycles. The van der Waals surface area contributed by atoms with E-state index in [0.29, 0.717) is 12.7 Å². The van der Waals surface area contributed by atoms with Crippen LogP contribution in [0, 0.1) is 0 Å². The average Bonchev–Trinajstić information content (AvgIpc) is 2.50. The van der Waals surface area contributed by atoms with Gasteiger partial charge < -0.3 is 14.6 Å². The van der Waals surface area contributed by atoms with Gasteiger partial charge in [0.25, 0.3) is 0 Å². The zero-order valence-corrected chi connectivity index (χ0v) is 13.2. The van der Waals surface area contributed by atoms with Crippen molar-refractivity contribution in [3.63, 3.8) is 0 Å². The third kappa shape index (κ3) is 4.99. The number of likely N-dealkylation sites (N-methyl/N-ethyl adjacent to an activating group) is 1. The fourth-order valence-corrected chi connectivity index (χ4v) is 2.83. The quantitative estimate of drug-likeness (QED) is 0.839. The van der Waals surface area contributed by atoms with E-state index in [2.05, 4.69) is 18.0 Å². The van der Waals surface area contributed by atoms with Gasteiger partial charge in [-0.2, -0.15) is 0 Å². The fourth-order valence-electron chi connectivity index (χ4n) is 2.83. The average molecular weight is 293 g/mol. The fraction of sp³-hybridized carbons (Fsp3) is 0.647. The first-order valence-electron chi connectivity index (χ1n) is 7.88. The monoisotopic (exact) mass is 293 g/mol. The smallest absolute Gasteiger partial charge is 0.124 e. The molecule has 1 aliphatic heterocycles. The van der Waals surface area contributed by atoms with Gasteiger partial charge in [-0.25, -0.2) is 0 Å². The molecule has 1 N–H and O–H groups in total. The van der Waals surface area contributed by atoms with Gasteiger partial charge >= 0.3 is 0 Å². The molecule has 0 saturated carbocycles. The zero-order valence-electron chi connectivity index (χ0n) is 13.2. The lowest BCUT2D eigenvalue weighted by Crippen LogP contribution is -2.33. The van der Waals surface area contributed by atoms with Crippen molar-refractivity contribution in [2.75, 3.05) is 26.8 Å². The van der Waals surface area contributed by atoms with Crippen LogP contribution in [0.2, 0.25) is 0 Å². The van der Waals surface area contributed by atoms with E-state index in [4.69, 9.17) is 9.47 Å². The summed E-state index contributed by atoms with van der Waals surface area (Å²) >= 11 is 0. The van der Waals surface area contributed by atoms with Gasteiger partial charge in [-0.3, -0.25) is 4.90 Å². The maximum Gasteiger partial charge on any atom is 0.124 e. The van der Waals surface area contributed by atoms with Crippen molar-refractivity contribution in [2.45, 2.75) is 45.4 Å². The number of aliphatic hydroxyl groups excluding tert-OH is 1. The SMILES string of the molecule is CCOc1ccc(CN(C)C[C@H]2CCCCO2)cc1CO. The highest BCUT2D eigenvalue weighted by atomic mass is 16.5. The number of hydrogen-bond donors (Lipinski definition) is 1. The van der Waals surface area contributed by atoms with E-state index >= 15 is 0 Å². The molecule has 0 spiro atoms. The summed E-state index contributed by atoms with van der Waals surface area (Å²) in [5, 5.41) is 9.45. The van der Waals surface area contributed by atoms with Gasteiger partial charge in [-0.05, 0) is 50.9 Å². The summed E-state index contributed by atoms with van der Waals surface area (Å²) in [7, 11) is 2.12. The molecular formula is C17H27NO3. The van der Waals surface area contributed by atoms with Crippen LogP contribution in [0.3, 0.4) is 0 Å². The molecule has 1 fully saturated rings. The maximum atomic E-state index is 9.45. The Balaban J connectivity index is 1.91. The highest BCUT2D eigenvalue weighted by Crippen LogP contribution is 2.21. The first-order valence-corrected chi connectivity index (χ1v) is 7.88. The summed E-state index contributed by atoms with van der Waals surface area (Å²) in [5.41, 5.74) is 2.05. The van der Waals surface area contributed by atoms with Crippen molar-refractivity contribution >= 4 is 0 Å². The van der Waals surface area contributed by atoms with Gasteiger partial charge in [0.1, 0.15) is 5.75 Å². The Morgan fingerprint density at radius 3 is 2.90 bits per heavy atom. The van der Waals surface area contributed by atoms with Crippen LogP contribution in [0.15, 0.2) is 18.2 Å². The predicted molar refractivity (Wildman–Crippen MR) is 83.5 cm³/mol. The molecule has 0 unspecified atom stereocenters. The first kappa shape index (κ1) is 16.3. The minimum atomic E-state index is 0.0125. The van der Waals surface area contributed by atoms with Crippen LogP contribution in [0.25, 0.3) is 0 Å².